The van der Waals surface area contributed by atoms with Crippen molar-refractivity contribution in [1.82, 2.24) is 0 Å². The largest absolute Gasteiger partial charge is 0.465 e. The fraction of sp³-hybridized carbons (Fsp3) is 0.136. The molecule has 0 atom stereocenters. The lowest BCUT2D eigenvalue weighted by Crippen LogP contribution is -2.06. The quantitative estimate of drug-likeness (QED) is 0.458. The highest BCUT2D eigenvalue weighted by Crippen LogP contribution is 2.22. The number of rotatable bonds is 6. The molecule has 0 fully saturated rings. The van der Waals surface area contributed by atoms with Gasteiger partial charge in [0.1, 0.15) is 0 Å². The summed E-state index contributed by atoms with van der Waals surface area (Å²) < 4.78 is 34.4. The van der Waals surface area contributed by atoms with E-state index >= 15 is 0 Å². The van der Waals surface area contributed by atoms with Gasteiger partial charge in [0.25, 0.3) is 10.1 Å². The van der Waals surface area contributed by atoms with Crippen molar-refractivity contribution in [1.29, 1.82) is 0 Å². The average Bonchev–Trinajstić information content (AvgIpc) is 2.72. The highest BCUT2D eigenvalue weighted by atomic mass is 32.2. The summed E-state index contributed by atoms with van der Waals surface area (Å²) >= 11 is 0. The summed E-state index contributed by atoms with van der Waals surface area (Å²) in [5.41, 5.74) is 3.93. The minimum absolute atomic E-state index is 0.0569. The molecule has 0 spiro atoms. The standard InChI is InChI=1S/C22H20O5S/c1-16-6-12-21(13-7-16)28(24,25)27-15-17-8-10-18(11-9-17)19-4-3-5-20(14-19)22(23)26-2/h3-14H,15H2,1-2H3. The van der Waals surface area contributed by atoms with Gasteiger partial charge in [-0.05, 0) is 47.9 Å². The fourth-order valence-electron chi connectivity index (χ4n) is 2.66. The number of aryl methyl sites for hydroxylation is 1. The Morgan fingerprint density at radius 1 is 0.893 bits per heavy atom. The van der Waals surface area contributed by atoms with Crippen LogP contribution < -0.4 is 0 Å². The summed E-state index contributed by atoms with van der Waals surface area (Å²) in [6, 6.07) is 20.9. The molecule has 0 radical (unpaired) electrons. The Morgan fingerprint density at radius 3 is 2.21 bits per heavy atom. The number of methoxy groups -OCH3 is 1. The van der Waals surface area contributed by atoms with Crippen LogP contribution >= 0.6 is 0 Å². The molecule has 0 saturated heterocycles. The van der Waals surface area contributed by atoms with Crippen molar-refractivity contribution < 1.29 is 22.1 Å². The normalized spacial score (nSPS) is 11.2. The summed E-state index contributed by atoms with van der Waals surface area (Å²) in [6.45, 7) is 1.83. The second-order valence-electron chi connectivity index (χ2n) is 6.30. The third kappa shape index (κ3) is 4.65. The van der Waals surface area contributed by atoms with Crippen LogP contribution in [0.4, 0.5) is 0 Å². The van der Waals surface area contributed by atoms with E-state index in [9.17, 15) is 13.2 Å². The van der Waals surface area contributed by atoms with Crippen LogP contribution in [-0.2, 0) is 25.6 Å². The topological polar surface area (TPSA) is 69.7 Å². The van der Waals surface area contributed by atoms with Crippen molar-refractivity contribution in [2.24, 2.45) is 0 Å². The molecule has 6 heteroatoms. The first kappa shape index (κ1) is 19.8. The van der Waals surface area contributed by atoms with E-state index in [1.54, 1.807) is 42.5 Å². The van der Waals surface area contributed by atoms with Gasteiger partial charge < -0.3 is 4.74 Å². The van der Waals surface area contributed by atoms with Gasteiger partial charge in [0.2, 0.25) is 0 Å². The Labute approximate surface area is 164 Å². The molecular weight excluding hydrogens is 376 g/mol. The SMILES string of the molecule is COC(=O)c1cccc(-c2ccc(COS(=O)(=O)c3ccc(C)cc3)cc2)c1. The van der Waals surface area contributed by atoms with Crippen molar-refractivity contribution in [2.75, 3.05) is 7.11 Å². The zero-order valence-electron chi connectivity index (χ0n) is 15.6. The zero-order chi connectivity index (χ0) is 20.1. The zero-order valence-corrected chi connectivity index (χ0v) is 16.4. The van der Waals surface area contributed by atoms with E-state index in [4.69, 9.17) is 8.92 Å². The number of carbonyl (C=O) groups excluding carboxylic acids is 1. The van der Waals surface area contributed by atoms with Gasteiger partial charge in [-0.15, -0.1) is 0 Å². The van der Waals surface area contributed by atoms with Crippen LogP contribution in [0.25, 0.3) is 11.1 Å². The molecule has 0 N–H and O–H groups in total. The van der Waals surface area contributed by atoms with Gasteiger partial charge in [0.15, 0.2) is 0 Å². The molecule has 0 bridgehead atoms. The molecule has 0 aliphatic carbocycles. The van der Waals surface area contributed by atoms with Gasteiger partial charge in [-0.2, -0.15) is 8.42 Å². The van der Waals surface area contributed by atoms with E-state index in [0.717, 1.165) is 22.3 Å². The number of hydrogen-bond acceptors (Lipinski definition) is 5. The third-order valence-electron chi connectivity index (χ3n) is 4.26. The maximum absolute atomic E-state index is 12.3. The summed E-state index contributed by atoms with van der Waals surface area (Å²) in [4.78, 5) is 11.8. The van der Waals surface area contributed by atoms with E-state index in [1.165, 1.54) is 19.2 Å². The molecular formula is C22H20O5S. The predicted octanol–water partition coefficient (Wildman–Crippen LogP) is 4.35. The van der Waals surface area contributed by atoms with Crippen molar-refractivity contribution in [3.63, 3.8) is 0 Å². The Bertz CT molecular complexity index is 1070. The summed E-state index contributed by atoms with van der Waals surface area (Å²) in [6.07, 6.45) is 0. The maximum Gasteiger partial charge on any atom is 0.337 e. The van der Waals surface area contributed by atoms with Crippen molar-refractivity contribution in [3.8, 4) is 11.1 Å². The van der Waals surface area contributed by atoms with Gasteiger partial charge in [0.05, 0.1) is 24.2 Å². The van der Waals surface area contributed by atoms with Crippen LogP contribution in [0.3, 0.4) is 0 Å². The highest BCUT2D eigenvalue weighted by Gasteiger charge is 2.15. The molecule has 3 aromatic carbocycles. The smallest absolute Gasteiger partial charge is 0.337 e. The van der Waals surface area contributed by atoms with E-state index in [-0.39, 0.29) is 11.5 Å². The van der Waals surface area contributed by atoms with Crippen LogP contribution in [0.1, 0.15) is 21.5 Å². The lowest BCUT2D eigenvalue weighted by molar-refractivity contribution is 0.0600. The molecule has 5 nitrogen and oxygen atoms in total. The first-order valence-corrected chi connectivity index (χ1v) is 10.0. The lowest BCUT2D eigenvalue weighted by atomic mass is 10.0. The van der Waals surface area contributed by atoms with Crippen LogP contribution in [0.15, 0.2) is 77.7 Å². The summed E-state index contributed by atoms with van der Waals surface area (Å²) in [5.74, 6) is -0.395. The van der Waals surface area contributed by atoms with E-state index in [2.05, 4.69) is 0 Å². The summed E-state index contributed by atoms with van der Waals surface area (Å²) in [7, 11) is -2.47. The minimum Gasteiger partial charge on any atom is -0.465 e. The number of hydrogen-bond donors (Lipinski definition) is 0. The summed E-state index contributed by atoms with van der Waals surface area (Å²) in [5, 5.41) is 0. The highest BCUT2D eigenvalue weighted by molar-refractivity contribution is 7.86. The van der Waals surface area contributed by atoms with Gasteiger partial charge >= 0.3 is 5.97 Å². The van der Waals surface area contributed by atoms with Crippen molar-refractivity contribution in [2.45, 2.75) is 18.4 Å². The fourth-order valence-corrected chi connectivity index (χ4v) is 3.55. The molecule has 0 saturated carbocycles. The monoisotopic (exact) mass is 396 g/mol. The van der Waals surface area contributed by atoms with Crippen LogP contribution in [-0.4, -0.2) is 21.5 Å². The molecule has 28 heavy (non-hydrogen) atoms. The van der Waals surface area contributed by atoms with Gasteiger partial charge in [0, 0.05) is 0 Å². The third-order valence-corrected chi connectivity index (χ3v) is 5.54. The number of carbonyl (C=O) groups is 1. The Balaban J connectivity index is 1.71. The van der Waals surface area contributed by atoms with Crippen LogP contribution in [0, 0.1) is 6.92 Å². The molecule has 3 rings (SSSR count). The number of benzene rings is 3. The van der Waals surface area contributed by atoms with Gasteiger partial charge in [-0.25, -0.2) is 4.79 Å². The number of esters is 1. The second-order valence-corrected chi connectivity index (χ2v) is 7.91. The van der Waals surface area contributed by atoms with Gasteiger partial charge in [-0.3, -0.25) is 4.18 Å². The molecule has 144 valence electrons. The molecule has 0 heterocycles. The van der Waals surface area contributed by atoms with Crippen molar-refractivity contribution in [3.05, 3.63) is 89.5 Å². The van der Waals surface area contributed by atoms with E-state index < -0.39 is 16.1 Å². The molecule has 0 amide bonds. The molecule has 0 unspecified atom stereocenters. The second kappa shape index (κ2) is 8.37. The lowest BCUT2D eigenvalue weighted by Gasteiger charge is -2.08. The average molecular weight is 396 g/mol. The molecule has 0 aliphatic rings. The maximum atomic E-state index is 12.3. The van der Waals surface area contributed by atoms with Crippen LogP contribution in [0.2, 0.25) is 0 Å². The van der Waals surface area contributed by atoms with Gasteiger partial charge in [-0.1, -0.05) is 54.1 Å². The molecule has 3 aromatic rings. The Hall–Kier alpha value is -2.96. The first-order chi connectivity index (χ1) is 13.4. The Kier molecular flexibility index (Phi) is 5.92. The van der Waals surface area contributed by atoms with Crippen molar-refractivity contribution >= 4 is 16.1 Å². The Morgan fingerprint density at radius 2 is 1.57 bits per heavy atom. The first-order valence-electron chi connectivity index (χ1n) is 8.63. The predicted molar refractivity (Wildman–Crippen MR) is 106 cm³/mol. The number of ether oxygens (including phenoxy) is 1. The molecule has 0 aromatic heterocycles. The minimum atomic E-state index is -3.81. The van der Waals surface area contributed by atoms with Crippen LogP contribution in [0.5, 0.6) is 0 Å². The molecule has 0 aliphatic heterocycles. The van der Waals surface area contributed by atoms with E-state index in [0.29, 0.717) is 5.56 Å². The van der Waals surface area contributed by atoms with E-state index in [1.807, 2.05) is 25.1 Å².